The molecule has 0 spiro atoms. The van der Waals surface area contributed by atoms with Crippen molar-refractivity contribution in [3.8, 4) is 0 Å². The van der Waals surface area contributed by atoms with E-state index in [0.29, 0.717) is 5.56 Å². The van der Waals surface area contributed by atoms with Gasteiger partial charge in [-0.2, -0.15) is 13.2 Å². The third-order valence-corrected chi connectivity index (χ3v) is 4.34. The van der Waals surface area contributed by atoms with E-state index in [4.69, 9.17) is 0 Å². The normalized spacial score (nSPS) is 12.3. The summed E-state index contributed by atoms with van der Waals surface area (Å²) in [6.45, 7) is 1.47. The van der Waals surface area contributed by atoms with Gasteiger partial charge in [0.25, 0.3) is 0 Å². The van der Waals surface area contributed by atoms with Crippen molar-refractivity contribution in [1.82, 2.24) is 10.6 Å². The summed E-state index contributed by atoms with van der Waals surface area (Å²) < 4.78 is 38.6. The van der Waals surface area contributed by atoms with E-state index in [2.05, 4.69) is 26.6 Å². The van der Waals surface area contributed by atoms with Crippen LogP contribution in [0.5, 0.6) is 0 Å². The van der Waals surface area contributed by atoms with Crippen molar-refractivity contribution >= 4 is 27.7 Å². The molecule has 27 heavy (non-hydrogen) atoms. The van der Waals surface area contributed by atoms with Crippen LogP contribution in [-0.4, -0.2) is 11.8 Å². The molecule has 0 aliphatic rings. The first kappa shape index (κ1) is 21.0. The van der Waals surface area contributed by atoms with Gasteiger partial charge in [0.05, 0.1) is 18.0 Å². The fraction of sp³-hybridized carbons (Fsp3) is 0.263. The Labute approximate surface area is 163 Å². The number of halogens is 4. The van der Waals surface area contributed by atoms with Crippen molar-refractivity contribution in [3.63, 3.8) is 0 Å². The van der Waals surface area contributed by atoms with Gasteiger partial charge in [-0.1, -0.05) is 40.2 Å². The average Bonchev–Trinajstić information content (AvgIpc) is 2.59. The second kappa shape index (κ2) is 9.03. The second-order valence-electron chi connectivity index (χ2n) is 5.98. The van der Waals surface area contributed by atoms with Gasteiger partial charge >= 0.3 is 6.18 Å². The minimum Gasteiger partial charge on any atom is -0.352 e. The van der Waals surface area contributed by atoms with Gasteiger partial charge in [-0.25, -0.2) is 0 Å². The van der Waals surface area contributed by atoms with Gasteiger partial charge in [-0.3, -0.25) is 9.59 Å². The molecule has 8 heteroatoms. The number of hydrogen-bond acceptors (Lipinski definition) is 2. The third-order valence-electron chi connectivity index (χ3n) is 3.81. The molecule has 0 aliphatic carbocycles. The van der Waals surface area contributed by atoms with Crippen molar-refractivity contribution in [2.45, 2.75) is 32.1 Å². The standard InChI is InChI=1S/C19H18BrF3N2O2/c1-12(26)25-17(14-4-8-16(20)9-5-14)10-18(27)24-11-13-2-6-15(7-3-13)19(21,22)23/h2-9,17H,10-11H2,1H3,(H,24,27)(H,25,26). The van der Waals surface area contributed by atoms with E-state index in [0.717, 1.165) is 22.2 Å². The lowest BCUT2D eigenvalue weighted by atomic mass is 10.0. The van der Waals surface area contributed by atoms with Crippen LogP contribution < -0.4 is 10.6 Å². The van der Waals surface area contributed by atoms with Crippen LogP contribution in [0.1, 0.15) is 36.1 Å². The molecule has 144 valence electrons. The molecule has 0 saturated carbocycles. The molecule has 2 N–H and O–H groups in total. The molecule has 0 aromatic heterocycles. The van der Waals surface area contributed by atoms with E-state index < -0.39 is 17.8 Å². The summed E-state index contributed by atoms with van der Waals surface area (Å²) in [4.78, 5) is 23.6. The van der Waals surface area contributed by atoms with Crippen LogP contribution in [0.15, 0.2) is 53.0 Å². The molecule has 0 aliphatic heterocycles. The smallest absolute Gasteiger partial charge is 0.352 e. The number of benzene rings is 2. The molecule has 2 aromatic rings. The summed E-state index contributed by atoms with van der Waals surface area (Å²) >= 11 is 3.33. The highest BCUT2D eigenvalue weighted by molar-refractivity contribution is 9.10. The first-order valence-electron chi connectivity index (χ1n) is 8.10. The summed E-state index contributed by atoms with van der Waals surface area (Å²) in [7, 11) is 0. The van der Waals surface area contributed by atoms with Gasteiger partial charge in [0.1, 0.15) is 0 Å². The van der Waals surface area contributed by atoms with Gasteiger partial charge in [0.2, 0.25) is 11.8 Å². The first-order chi connectivity index (χ1) is 12.6. The van der Waals surface area contributed by atoms with Gasteiger partial charge in [0.15, 0.2) is 0 Å². The van der Waals surface area contributed by atoms with Crippen LogP contribution in [0, 0.1) is 0 Å². The predicted octanol–water partition coefficient (Wildman–Crippen LogP) is 4.35. The van der Waals surface area contributed by atoms with Crippen LogP contribution in [-0.2, 0) is 22.3 Å². The van der Waals surface area contributed by atoms with E-state index in [1.165, 1.54) is 19.1 Å². The minimum absolute atomic E-state index is 0.0157. The van der Waals surface area contributed by atoms with Crippen molar-refractivity contribution in [2.75, 3.05) is 0 Å². The zero-order chi connectivity index (χ0) is 20.0. The van der Waals surface area contributed by atoms with Crippen LogP contribution in [0.2, 0.25) is 0 Å². The molecule has 0 bridgehead atoms. The Hall–Kier alpha value is -2.35. The summed E-state index contributed by atoms with van der Waals surface area (Å²) in [5.41, 5.74) is 0.590. The van der Waals surface area contributed by atoms with Crippen LogP contribution in [0.25, 0.3) is 0 Å². The minimum atomic E-state index is -4.39. The number of hydrogen-bond donors (Lipinski definition) is 2. The largest absolute Gasteiger partial charge is 0.416 e. The number of nitrogens with one attached hydrogen (secondary N) is 2. The maximum absolute atomic E-state index is 12.6. The van der Waals surface area contributed by atoms with Crippen molar-refractivity contribution in [2.24, 2.45) is 0 Å². The predicted molar refractivity (Wildman–Crippen MR) is 98.6 cm³/mol. The number of amides is 2. The lowest BCUT2D eigenvalue weighted by Crippen LogP contribution is -2.32. The Morgan fingerprint density at radius 1 is 1.04 bits per heavy atom. The van der Waals surface area contributed by atoms with Crippen molar-refractivity contribution in [1.29, 1.82) is 0 Å². The highest BCUT2D eigenvalue weighted by atomic mass is 79.9. The topological polar surface area (TPSA) is 58.2 Å². The van der Waals surface area contributed by atoms with Gasteiger partial charge < -0.3 is 10.6 Å². The summed E-state index contributed by atoms with van der Waals surface area (Å²) in [6, 6.07) is 11.3. The number of carbonyl (C=O) groups excluding carboxylic acids is 2. The number of alkyl halides is 3. The third kappa shape index (κ3) is 6.71. The van der Waals surface area contributed by atoms with Gasteiger partial charge in [0, 0.05) is 17.9 Å². The van der Waals surface area contributed by atoms with E-state index >= 15 is 0 Å². The van der Waals surface area contributed by atoms with Crippen LogP contribution >= 0.6 is 15.9 Å². The molecule has 0 saturated heterocycles. The van der Waals surface area contributed by atoms with E-state index in [1.54, 1.807) is 12.1 Å². The maximum atomic E-state index is 12.6. The molecule has 0 radical (unpaired) electrons. The summed E-state index contributed by atoms with van der Waals surface area (Å²) in [5.74, 6) is -0.588. The monoisotopic (exact) mass is 442 g/mol. The first-order valence-corrected chi connectivity index (χ1v) is 8.90. The molecule has 2 amide bonds. The molecular formula is C19H18BrF3N2O2. The fourth-order valence-corrected chi connectivity index (χ4v) is 2.73. The van der Waals surface area contributed by atoms with E-state index in [-0.39, 0.29) is 24.8 Å². The Kier molecular flexibility index (Phi) is 7.01. The zero-order valence-corrected chi connectivity index (χ0v) is 16.0. The van der Waals surface area contributed by atoms with Gasteiger partial charge in [-0.05, 0) is 35.4 Å². The molecular weight excluding hydrogens is 425 g/mol. The SMILES string of the molecule is CC(=O)NC(CC(=O)NCc1ccc(C(F)(F)F)cc1)c1ccc(Br)cc1. The van der Waals surface area contributed by atoms with E-state index in [9.17, 15) is 22.8 Å². The quantitative estimate of drug-likeness (QED) is 0.698. The highest BCUT2D eigenvalue weighted by Crippen LogP contribution is 2.29. The van der Waals surface area contributed by atoms with Crippen molar-refractivity contribution < 1.29 is 22.8 Å². The van der Waals surface area contributed by atoms with Crippen LogP contribution in [0.3, 0.4) is 0 Å². The Morgan fingerprint density at radius 3 is 2.15 bits per heavy atom. The summed E-state index contributed by atoms with van der Waals surface area (Å²) in [6.07, 6.45) is -4.38. The lowest BCUT2D eigenvalue weighted by Gasteiger charge is -2.18. The van der Waals surface area contributed by atoms with Crippen molar-refractivity contribution in [3.05, 3.63) is 69.7 Å². The fourth-order valence-electron chi connectivity index (χ4n) is 2.46. The molecule has 2 rings (SSSR count). The molecule has 1 unspecified atom stereocenters. The Bertz CT molecular complexity index is 790. The van der Waals surface area contributed by atoms with Gasteiger partial charge in [-0.15, -0.1) is 0 Å². The summed E-state index contributed by atoms with van der Waals surface area (Å²) in [5, 5.41) is 5.39. The molecule has 0 heterocycles. The number of rotatable bonds is 6. The van der Waals surface area contributed by atoms with Crippen LogP contribution in [0.4, 0.5) is 13.2 Å². The second-order valence-corrected chi connectivity index (χ2v) is 6.90. The maximum Gasteiger partial charge on any atom is 0.416 e. The molecule has 1 atom stereocenters. The zero-order valence-electron chi connectivity index (χ0n) is 14.4. The molecule has 4 nitrogen and oxygen atoms in total. The highest BCUT2D eigenvalue weighted by Gasteiger charge is 2.29. The lowest BCUT2D eigenvalue weighted by molar-refractivity contribution is -0.137. The Balaban J connectivity index is 1.97. The molecule has 2 aromatic carbocycles. The molecule has 0 fully saturated rings. The Morgan fingerprint density at radius 2 is 1.63 bits per heavy atom. The number of carbonyl (C=O) groups is 2. The average molecular weight is 443 g/mol. The van der Waals surface area contributed by atoms with E-state index in [1.807, 2.05) is 12.1 Å².